The van der Waals surface area contributed by atoms with Gasteiger partial charge in [-0.3, -0.25) is 19.9 Å². The molecule has 0 aliphatic rings. The molecule has 0 N–H and O–H groups in total. The van der Waals surface area contributed by atoms with Gasteiger partial charge in [0.15, 0.2) is 0 Å². The summed E-state index contributed by atoms with van der Waals surface area (Å²) in [6, 6.07) is 22.9. The van der Waals surface area contributed by atoms with E-state index in [1.807, 2.05) is 72.8 Å². The Labute approximate surface area is 221 Å². The molecule has 4 rings (SSSR count). The van der Waals surface area contributed by atoms with Crippen LogP contribution in [0, 0.1) is 0 Å². The van der Waals surface area contributed by atoms with Crippen molar-refractivity contribution < 1.29 is 44.6 Å². The second-order valence-corrected chi connectivity index (χ2v) is 20.4. The average molecular weight is 915 g/mol. The third-order valence-corrected chi connectivity index (χ3v) is 2.27. The molecule has 0 atom stereocenters. The van der Waals surface area contributed by atoms with Gasteiger partial charge in [-0.15, -0.1) is 0 Å². The van der Waals surface area contributed by atoms with Crippen LogP contribution in [-0.4, -0.2) is 19.9 Å². The Morgan fingerprint density at radius 3 is 0.533 bits per heavy atom. The van der Waals surface area contributed by atoms with Crippen LogP contribution in [0.4, 0.5) is 0 Å². The molecule has 0 aromatic carbocycles. The summed E-state index contributed by atoms with van der Waals surface area (Å²) in [6.07, 6.45) is 14.0. The Morgan fingerprint density at radius 2 is 0.500 bits per heavy atom. The topological polar surface area (TPSA) is 109 Å². The fourth-order valence-corrected chi connectivity index (χ4v) is 1.25. The Morgan fingerprint density at radius 1 is 0.367 bits per heavy atom. The van der Waals surface area contributed by atoms with E-state index < -0.39 is 0 Å². The van der Waals surface area contributed by atoms with Crippen LogP contribution < -0.4 is 13.3 Å². The van der Waals surface area contributed by atoms with E-state index >= 15 is 0 Å². The first-order valence-electron chi connectivity index (χ1n) is 7.68. The minimum absolute atomic E-state index is 0. The molecule has 4 aromatic heterocycles. The van der Waals surface area contributed by atoms with Crippen molar-refractivity contribution in [2.75, 3.05) is 0 Å². The zero-order valence-electron chi connectivity index (χ0n) is 15.7. The summed E-state index contributed by atoms with van der Waals surface area (Å²) in [5.41, 5.74) is 0. The molecule has 0 aliphatic heterocycles. The second kappa shape index (κ2) is 35.8. The van der Waals surface area contributed by atoms with Gasteiger partial charge in [-0.2, -0.15) is 0 Å². The summed E-state index contributed by atoms with van der Waals surface area (Å²) in [7, 11) is 0. The molecule has 0 amide bonds. The molecule has 30 heavy (non-hydrogen) atoms. The zero-order chi connectivity index (χ0) is 19.7. The SMILES string of the molecule is I[I-]I.[O-2].[O-2].[Re].c1ccncc1.c1ccncc1.c1ccncc1.c1ccncc1. The molecule has 0 saturated heterocycles. The molecule has 4 heterocycles. The van der Waals surface area contributed by atoms with Crippen molar-refractivity contribution in [3.05, 3.63) is 122 Å². The van der Waals surface area contributed by atoms with Gasteiger partial charge in [-0.05, 0) is 48.5 Å². The van der Waals surface area contributed by atoms with Crippen molar-refractivity contribution in [3.63, 3.8) is 0 Å². The van der Waals surface area contributed by atoms with Crippen LogP contribution >= 0.6 is 37.2 Å². The van der Waals surface area contributed by atoms with Gasteiger partial charge in [-0.1, -0.05) is 24.3 Å². The molecule has 0 bridgehead atoms. The number of aromatic nitrogens is 4. The number of hydrogen-bond acceptors (Lipinski definition) is 4. The van der Waals surface area contributed by atoms with E-state index in [1.54, 1.807) is 49.6 Å². The van der Waals surface area contributed by atoms with Gasteiger partial charge in [0.1, 0.15) is 0 Å². The van der Waals surface area contributed by atoms with Crippen LogP contribution in [0.5, 0.6) is 0 Å². The summed E-state index contributed by atoms with van der Waals surface area (Å²) in [5, 5.41) is 0. The van der Waals surface area contributed by atoms with Gasteiger partial charge >= 0.3 is 50.5 Å². The van der Waals surface area contributed by atoms with Crippen molar-refractivity contribution in [1.29, 1.82) is 0 Å². The summed E-state index contributed by atoms with van der Waals surface area (Å²) in [6.45, 7) is 0. The number of hydrogen-bond donors (Lipinski definition) is 0. The Kier molecular flexibility index (Phi) is 43.8. The minimum Gasteiger partial charge on any atom is -2.00 e. The predicted molar refractivity (Wildman–Crippen MR) is 126 cm³/mol. The van der Waals surface area contributed by atoms with Crippen LogP contribution in [0.2, 0.25) is 0 Å². The number of halogens is 3. The molecule has 0 aliphatic carbocycles. The van der Waals surface area contributed by atoms with E-state index in [1.165, 1.54) is 0 Å². The fourth-order valence-electron chi connectivity index (χ4n) is 1.25. The van der Waals surface area contributed by atoms with Crippen molar-refractivity contribution in [2.24, 2.45) is 0 Å². The van der Waals surface area contributed by atoms with Crippen LogP contribution in [-0.2, 0) is 31.4 Å². The summed E-state index contributed by atoms with van der Waals surface area (Å²) in [5.74, 6) is 0. The standard InChI is InChI=1S/4C5H5N.I3.2O.Re/c4*1-2-4-6-5-3-1;1-3-2;;;/h4*1-5H;;;;/q;;;;-1;2*-2;. The van der Waals surface area contributed by atoms with Crippen LogP contribution in [0.3, 0.4) is 0 Å². The quantitative estimate of drug-likeness (QED) is 0.253. The van der Waals surface area contributed by atoms with Gasteiger partial charge < -0.3 is 11.0 Å². The molecular weight excluding hydrogens is 895 g/mol. The Bertz CT molecular complexity index is 475. The summed E-state index contributed by atoms with van der Waals surface area (Å²) >= 11 is 5.30. The molecule has 4 aromatic rings. The molecule has 10 heteroatoms. The van der Waals surface area contributed by atoms with E-state index in [4.69, 9.17) is 0 Å². The van der Waals surface area contributed by atoms with Crippen molar-refractivity contribution >= 4 is 37.2 Å². The largest absolute Gasteiger partial charge is 2.00 e. The van der Waals surface area contributed by atoms with Crippen molar-refractivity contribution in [1.82, 2.24) is 19.9 Å². The first-order chi connectivity index (χ1) is 13.4. The first kappa shape index (κ1) is 36.7. The van der Waals surface area contributed by atoms with Crippen LogP contribution in [0.15, 0.2) is 122 Å². The Hall–Kier alpha value is -0.628. The molecular formula is C20H20I3N4O2Re-5. The van der Waals surface area contributed by atoms with Gasteiger partial charge in [0.2, 0.25) is 0 Å². The van der Waals surface area contributed by atoms with Crippen molar-refractivity contribution in [2.45, 2.75) is 0 Å². The average Bonchev–Trinajstić information content (AvgIpc) is 2.80. The fraction of sp³-hybridized carbons (Fsp3) is 0. The molecule has 1 radical (unpaired) electrons. The first-order valence-corrected chi connectivity index (χ1v) is 20.3. The van der Waals surface area contributed by atoms with Gasteiger partial charge in [0, 0.05) is 70.0 Å². The third kappa shape index (κ3) is 34.9. The number of pyridine rings is 4. The molecule has 0 saturated carbocycles. The van der Waals surface area contributed by atoms with Gasteiger partial charge in [-0.25, -0.2) is 0 Å². The van der Waals surface area contributed by atoms with E-state index in [0.29, 0.717) is 13.3 Å². The monoisotopic (exact) mass is 916 g/mol. The number of rotatable bonds is 0. The van der Waals surface area contributed by atoms with E-state index in [2.05, 4.69) is 57.2 Å². The summed E-state index contributed by atoms with van der Waals surface area (Å²) in [4.78, 5) is 15.1. The number of nitrogens with zero attached hydrogens (tertiary/aromatic N) is 4. The Balaban J connectivity index is -0.000000140. The maximum absolute atomic E-state index is 3.78. The smallest absolute Gasteiger partial charge is 0.0267 e. The maximum Gasteiger partial charge on any atom is 0.0267 e. The molecule has 6 nitrogen and oxygen atoms in total. The van der Waals surface area contributed by atoms with Crippen LogP contribution in [0.25, 0.3) is 0 Å². The van der Waals surface area contributed by atoms with E-state index in [-0.39, 0.29) is 31.4 Å². The van der Waals surface area contributed by atoms with E-state index in [0.717, 1.165) is 0 Å². The molecule has 0 unspecified atom stereocenters. The van der Waals surface area contributed by atoms with E-state index in [9.17, 15) is 0 Å². The molecule has 165 valence electrons. The zero-order valence-corrected chi connectivity index (χ0v) is 24.9. The van der Waals surface area contributed by atoms with Crippen molar-refractivity contribution in [3.8, 4) is 0 Å². The van der Waals surface area contributed by atoms with Gasteiger partial charge in [0.05, 0.1) is 0 Å². The normalized spacial score (nSPS) is 7.13. The molecule has 0 fully saturated rings. The maximum atomic E-state index is 3.78. The second-order valence-electron chi connectivity index (χ2n) is 4.15. The predicted octanol–water partition coefficient (Wildman–Crippen LogP) is 2.86. The minimum atomic E-state index is 0. The summed E-state index contributed by atoms with van der Waals surface area (Å²) < 4.78 is 0. The third-order valence-electron chi connectivity index (χ3n) is 2.27. The molecule has 0 spiro atoms. The van der Waals surface area contributed by atoms with Gasteiger partial charge in [0.25, 0.3) is 0 Å². The van der Waals surface area contributed by atoms with Crippen LogP contribution in [0.1, 0.15) is 0 Å².